The molecule has 90 valence electrons. The van der Waals surface area contributed by atoms with Gasteiger partial charge < -0.3 is 9.72 Å². The maximum Gasteiger partial charge on any atom is 0.251 e. The third kappa shape index (κ3) is 2.94. The summed E-state index contributed by atoms with van der Waals surface area (Å²) in [7, 11) is 0. The summed E-state index contributed by atoms with van der Waals surface area (Å²) in [5.74, 6) is 0.513. The van der Waals surface area contributed by atoms with Gasteiger partial charge in [-0.05, 0) is 18.4 Å². The van der Waals surface area contributed by atoms with Crippen molar-refractivity contribution in [2.45, 2.75) is 13.5 Å². The summed E-state index contributed by atoms with van der Waals surface area (Å²) in [6.45, 7) is 2.76. The largest absolute Gasteiger partial charge is 0.374 e. The predicted molar refractivity (Wildman–Crippen MR) is 68.5 cm³/mol. The van der Waals surface area contributed by atoms with Gasteiger partial charge in [0.2, 0.25) is 0 Å². The Morgan fingerprint density at radius 1 is 1.59 bits per heavy atom. The van der Waals surface area contributed by atoms with Crippen molar-refractivity contribution in [2.24, 2.45) is 0 Å². The molecule has 0 saturated heterocycles. The van der Waals surface area contributed by atoms with Crippen LogP contribution in [0.5, 0.6) is 0 Å². The minimum atomic E-state index is -0.200. The maximum absolute atomic E-state index is 11.5. The van der Waals surface area contributed by atoms with Crippen LogP contribution < -0.4 is 5.56 Å². The normalized spacial score (nSPS) is 10.7. The third-order valence-electron chi connectivity index (χ3n) is 2.08. The number of nitrogens with zero attached hydrogens (tertiary/aromatic N) is 1. The van der Waals surface area contributed by atoms with Gasteiger partial charge in [-0.15, -0.1) is 11.3 Å². The van der Waals surface area contributed by atoms with E-state index in [1.54, 1.807) is 6.07 Å². The van der Waals surface area contributed by atoms with E-state index in [1.165, 1.54) is 17.4 Å². The number of thiophene rings is 1. The molecule has 0 saturated carbocycles. The fraction of sp³-hybridized carbons (Fsp3) is 0.273. The number of aromatic nitrogens is 2. The van der Waals surface area contributed by atoms with Gasteiger partial charge in [0, 0.05) is 12.7 Å². The van der Waals surface area contributed by atoms with Crippen LogP contribution in [0, 0.1) is 0 Å². The van der Waals surface area contributed by atoms with E-state index < -0.39 is 0 Å². The van der Waals surface area contributed by atoms with Gasteiger partial charge in [-0.2, -0.15) is 0 Å². The maximum atomic E-state index is 11.5. The monoisotopic (exact) mass is 270 g/mol. The number of hydrogen-bond acceptors (Lipinski definition) is 4. The molecule has 0 aliphatic heterocycles. The number of hydrogen-bond donors (Lipinski definition) is 1. The summed E-state index contributed by atoms with van der Waals surface area (Å²) < 4.78 is 5.21. The van der Waals surface area contributed by atoms with Crippen molar-refractivity contribution in [3.8, 4) is 10.6 Å². The lowest BCUT2D eigenvalue weighted by molar-refractivity contribution is 0.128. The van der Waals surface area contributed by atoms with E-state index in [2.05, 4.69) is 9.97 Å². The molecule has 0 radical (unpaired) electrons. The van der Waals surface area contributed by atoms with Crippen molar-refractivity contribution in [2.75, 3.05) is 6.61 Å². The fourth-order valence-electron chi connectivity index (χ4n) is 1.37. The zero-order valence-corrected chi connectivity index (χ0v) is 10.8. The summed E-state index contributed by atoms with van der Waals surface area (Å²) in [6.07, 6.45) is 0. The molecule has 0 unspecified atom stereocenters. The molecule has 17 heavy (non-hydrogen) atoms. The summed E-state index contributed by atoms with van der Waals surface area (Å²) in [4.78, 5) is 19.2. The van der Waals surface area contributed by atoms with Gasteiger partial charge in [-0.1, -0.05) is 11.6 Å². The van der Waals surface area contributed by atoms with Crippen LogP contribution in [0.4, 0.5) is 0 Å². The van der Waals surface area contributed by atoms with Gasteiger partial charge >= 0.3 is 0 Å². The van der Waals surface area contributed by atoms with E-state index in [1.807, 2.05) is 12.3 Å². The smallest absolute Gasteiger partial charge is 0.251 e. The molecule has 0 fully saturated rings. The highest BCUT2D eigenvalue weighted by molar-refractivity contribution is 7.14. The summed E-state index contributed by atoms with van der Waals surface area (Å²) >= 11 is 7.47. The zero-order valence-electron chi connectivity index (χ0n) is 9.20. The van der Waals surface area contributed by atoms with Crippen LogP contribution in [0.1, 0.15) is 12.7 Å². The highest BCUT2D eigenvalue weighted by Crippen LogP contribution is 2.31. The fourth-order valence-corrected chi connectivity index (χ4v) is 2.48. The Labute approximate surface area is 107 Å². The van der Waals surface area contributed by atoms with E-state index in [9.17, 15) is 4.79 Å². The second-order valence-electron chi connectivity index (χ2n) is 3.31. The van der Waals surface area contributed by atoms with Crippen LogP contribution in [0.2, 0.25) is 5.02 Å². The number of aromatic amines is 1. The Bertz CT molecular complexity index is 565. The van der Waals surface area contributed by atoms with E-state index in [4.69, 9.17) is 16.3 Å². The van der Waals surface area contributed by atoms with E-state index in [-0.39, 0.29) is 5.56 Å². The second-order valence-corrected chi connectivity index (χ2v) is 4.64. The van der Waals surface area contributed by atoms with E-state index in [0.29, 0.717) is 29.8 Å². The van der Waals surface area contributed by atoms with Gasteiger partial charge in [0.05, 0.1) is 15.6 Å². The minimum absolute atomic E-state index is 0.200. The summed E-state index contributed by atoms with van der Waals surface area (Å²) in [5, 5.41) is 2.47. The first-order valence-corrected chi connectivity index (χ1v) is 6.38. The van der Waals surface area contributed by atoms with Gasteiger partial charge in [0.15, 0.2) is 0 Å². The zero-order chi connectivity index (χ0) is 12.3. The first-order valence-electron chi connectivity index (χ1n) is 5.12. The average molecular weight is 271 g/mol. The molecule has 0 atom stereocenters. The first kappa shape index (κ1) is 12.3. The number of halogens is 1. The van der Waals surface area contributed by atoms with Crippen molar-refractivity contribution in [1.29, 1.82) is 0 Å². The quantitative estimate of drug-likeness (QED) is 0.929. The van der Waals surface area contributed by atoms with E-state index in [0.717, 1.165) is 4.88 Å². The number of ether oxygens (including phenoxy) is 1. The lowest BCUT2D eigenvalue weighted by Crippen LogP contribution is -2.12. The lowest BCUT2D eigenvalue weighted by atomic mass is 10.3. The predicted octanol–water partition coefficient (Wildman–Crippen LogP) is 2.69. The molecular formula is C11H11ClN2O2S. The van der Waals surface area contributed by atoms with E-state index >= 15 is 0 Å². The highest BCUT2D eigenvalue weighted by atomic mass is 35.5. The number of H-pyrrole nitrogens is 1. The molecule has 0 bridgehead atoms. The molecule has 2 aromatic heterocycles. The SMILES string of the molecule is CCOCc1nc(-c2sccc2Cl)cc(=O)[nH]1. The van der Waals surface area contributed by atoms with Crippen LogP contribution in [0.3, 0.4) is 0 Å². The molecule has 0 spiro atoms. The molecule has 0 aromatic carbocycles. The third-order valence-corrected chi connectivity index (χ3v) is 3.45. The van der Waals surface area contributed by atoms with Crippen LogP contribution in [0.25, 0.3) is 10.6 Å². The molecule has 0 aliphatic rings. The first-order chi connectivity index (χ1) is 8.20. The molecule has 4 nitrogen and oxygen atoms in total. The molecule has 0 aliphatic carbocycles. The second kappa shape index (κ2) is 5.44. The Morgan fingerprint density at radius 3 is 3.06 bits per heavy atom. The molecular weight excluding hydrogens is 260 g/mol. The van der Waals surface area contributed by atoms with Crippen LogP contribution in [-0.4, -0.2) is 16.6 Å². The van der Waals surface area contributed by atoms with Crippen molar-refractivity contribution in [3.63, 3.8) is 0 Å². The molecule has 6 heteroatoms. The topological polar surface area (TPSA) is 55.0 Å². The van der Waals surface area contributed by atoms with Crippen LogP contribution in [-0.2, 0) is 11.3 Å². The van der Waals surface area contributed by atoms with Crippen LogP contribution >= 0.6 is 22.9 Å². The minimum Gasteiger partial charge on any atom is -0.374 e. The summed E-state index contributed by atoms with van der Waals surface area (Å²) in [6, 6.07) is 3.22. The number of nitrogens with one attached hydrogen (secondary N) is 1. The molecule has 2 rings (SSSR count). The Hall–Kier alpha value is -1.17. The average Bonchev–Trinajstić information content (AvgIpc) is 2.72. The molecule has 2 heterocycles. The van der Waals surface area contributed by atoms with Crippen molar-refractivity contribution >= 4 is 22.9 Å². The van der Waals surface area contributed by atoms with Gasteiger partial charge in [-0.3, -0.25) is 4.79 Å². The molecule has 2 aromatic rings. The van der Waals surface area contributed by atoms with Gasteiger partial charge in [-0.25, -0.2) is 4.98 Å². The van der Waals surface area contributed by atoms with Crippen molar-refractivity contribution in [3.05, 3.63) is 38.7 Å². The van der Waals surface area contributed by atoms with Gasteiger partial charge in [0.1, 0.15) is 12.4 Å². The standard InChI is InChI=1S/C11H11ClN2O2S/c1-2-16-6-9-13-8(5-10(15)14-9)11-7(12)3-4-17-11/h3-5H,2,6H2,1H3,(H,13,14,15). The number of rotatable bonds is 4. The van der Waals surface area contributed by atoms with Crippen LogP contribution in [0.15, 0.2) is 22.3 Å². The summed E-state index contributed by atoms with van der Waals surface area (Å²) in [5.41, 5.74) is 0.387. The molecule has 1 N–H and O–H groups in total. The lowest BCUT2D eigenvalue weighted by Gasteiger charge is -2.03. The Balaban J connectivity index is 2.38. The Morgan fingerprint density at radius 2 is 2.41 bits per heavy atom. The van der Waals surface area contributed by atoms with Gasteiger partial charge in [0.25, 0.3) is 5.56 Å². The van der Waals surface area contributed by atoms with Crippen molar-refractivity contribution in [1.82, 2.24) is 9.97 Å². The molecule has 0 amide bonds. The Kier molecular flexibility index (Phi) is 3.93. The van der Waals surface area contributed by atoms with Crippen molar-refractivity contribution < 1.29 is 4.74 Å². The highest BCUT2D eigenvalue weighted by Gasteiger charge is 2.09.